The van der Waals surface area contributed by atoms with E-state index in [1.165, 1.54) is 18.2 Å². The van der Waals surface area contributed by atoms with Gasteiger partial charge in [-0.05, 0) is 42.0 Å². The summed E-state index contributed by atoms with van der Waals surface area (Å²) >= 11 is 6.01. The van der Waals surface area contributed by atoms with Crippen molar-refractivity contribution in [2.45, 2.75) is 6.18 Å². The van der Waals surface area contributed by atoms with E-state index >= 15 is 0 Å². The quantitative estimate of drug-likeness (QED) is 0.523. The summed E-state index contributed by atoms with van der Waals surface area (Å²) in [5.74, 6) is -1.29. The van der Waals surface area contributed by atoms with Gasteiger partial charge >= 0.3 is 6.18 Å². The molecule has 0 aromatic heterocycles. The first kappa shape index (κ1) is 20.7. The maximum atomic E-state index is 13.2. The average molecular weight is 443 g/mol. The van der Waals surface area contributed by atoms with Crippen LogP contribution in [0.5, 0.6) is 0 Å². The highest BCUT2D eigenvalue weighted by Gasteiger charge is 2.40. The van der Waals surface area contributed by atoms with Crippen molar-refractivity contribution in [3.63, 3.8) is 0 Å². The topological polar surface area (TPSA) is 49.4 Å². The lowest BCUT2D eigenvalue weighted by Gasteiger charge is -2.16. The second kappa shape index (κ2) is 7.92. The van der Waals surface area contributed by atoms with Crippen molar-refractivity contribution in [1.82, 2.24) is 0 Å². The number of hydrogen-bond donors (Lipinski definition) is 1. The first-order valence-corrected chi connectivity index (χ1v) is 9.52. The van der Waals surface area contributed by atoms with Crippen molar-refractivity contribution >= 4 is 40.4 Å². The van der Waals surface area contributed by atoms with Crippen LogP contribution in [0.25, 0.3) is 5.57 Å². The summed E-state index contributed by atoms with van der Waals surface area (Å²) in [4.78, 5) is 27.4. The summed E-state index contributed by atoms with van der Waals surface area (Å²) in [6.07, 6.45) is -4.54. The number of benzene rings is 3. The number of alkyl halides is 3. The molecular formula is C23H14ClF3N2O2. The molecular weight excluding hydrogens is 429 g/mol. The molecule has 2 amide bonds. The number of carbonyl (C=O) groups is 2. The van der Waals surface area contributed by atoms with E-state index in [0.717, 1.165) is 17.0 Å². The molecule has 3 aromatic carbocycles. The number of halogens is 4. The van der Waals surface area contributed by atoms with Gasteiger partial charge in [-0.2, -0.15) is 13.2 Å². The van der Waals surface area contributed by atoms with Crippen LogP contribution in [0.15, 0.2) is 84.6 Å². The second-order valence-electron chi connectivity index (χ2n) is 6.75. The minimum absolute atomic E-state index is 0.0346. The fourth-order valence-corrected chi connectivity index (χ4v) is 3.47. The first-order chi connectivity index (χ1) is 14.8. The number of nitrogens with zero attached hydrogens (tertiary/aromatic N) is 1. The molecule has 0 radical (unpaired) electrons. The van der Waals surface area contributed by atoms with E-state index in [1.54, 1.807) is 48.5 Å². The lowest BCUT2D eigenvalue weighted by molar-refractivity contribution is -0.137. The molecule has 0 bridgehead atoms. The molecule has 0 saturated carbocycles. The Morgan fingerprint density at radius 2 is 1.52 bits per heavy atom. The van der Waals surface area contributed by atoms with Crippen LogP contribution < -0.4 is 10.2 Å². The number of carbonyl (C=O) groups excluding carboxylic acids is 2. The molecule has 0 fully saturated rings. The van der Waals surface area contributed by atoms with Gasteiger partial charge in [-0.15, -0.1) is 0 Å². The molecule has 31 heavy (non-hydrogen) atoms. The van der Waals surface area contributed by atoms with Crippen LogP contribution in [0.2, 0.25) is 5.02 Å². The summed E-state index contributed by atoms with van der Waals surface area (Å²) in [7, 11) is 0. The van der Waals surface area contributed by atoms with Gasteiger partial charge in [-0.1, -0.05) is 54.1 Å². The minimum Gasteiger partial charge on any atom is -0.350 e. The molecule has 4 rings (SSSR count). The lowest BCUT2D eigenvalue weighted by atomic mass is 10.0. The van der Waals surface area contributed by atoms with Crippen LogP contribution in [0.1, 0.15) is 11.1 Å². The number of imide groups is 1. The van der Waals surface area contributed by atoms with Crippen LogP contribution >= 0.6 is 11.6 Å². The third kappa shape index (κ3) is 4.04. The van der Waals surface area contributed by atoms with Gasteiger partial charge in [0.25, 0.3) is 11.8 Å². The molecule has 3 aromatic rings. The Morgan fingerprint density at radius 3 is 2.19 bits per heavy atom. The molecule has 4 nitrogen and oxygen atoms in total. The third-order valence-corrected chi connectivity index (χ3v) is 4.91. The Morgan fingerprint density at radius 1 is 0.806 bits per heavy atom. The zero-order valence-corrected chi connectivity index (χ0v) is 16.5. The molecule has 156 valence electrons. The molecule has 1 heterocycles. The summed E-state index contributed by atoms with van der Waals surface area (Å²) in [5.41, 5.74) is -0.176. The van der Waals surface area contributed by atoms with Gasteiger partial charge in [0.1, 0.15) is 5.70 Å². The maximum absolute atomic E-state index is 13.2. The van der Waals surface area contributed by atoms with E-state index in [9.17, 15) is 22.8 Å². The highest BCUT2D eigenvalue weighted by atomic mass is 35.5. The van der Waals surface area contributed by atoms with Crippen molar-refractivity contribution in [1.29, 1.82) is 0 Å². The van der Waals surface area contributed by atoms with Crippen LogP contribution in [0.4, 0.5) is 24.5 Å². The zero-order valence-electron chi connectivity index (χ0n) is 15.8. The van der Waals surface area contributed by atoms with Crippen LogP contribution in [0, 0.1) is 0 Å². The highest BCUT2D eigenvalue weighted by molar-refractivity contribution is 6.46. The van der Waals surface area contributed by atoms with E-state index in [0.29, 0.717) is 10.6 Å². The number of hydrogen-bond acceptors (Lipinski definition) is 3. The van der Waals surface area contributed by atoms with Crippen molar-refractivity contribution in [3.8, 4) is 0 Å². The lowest BCUT2D eigenvalue weighted by Crippen LogP contribution is -2.32. The second-order valence-corrected chi connectivity index (χ2v) is 7.18. The van der Waals surface area contributed by atoms with Crippen molar-refractivity contribution in [2.24, 2.45) is 0 Å². The largest absolute Gasteiger partial charge is 0.416 e. The molecule has 0 spiro atoms. The van der Waals surface area contributed by atoms with Gasteiger partial charge in [0.15, 0.2) is 0 Å². The zero-order chi connectivity index (χ0) is 22.2. The van der Waals surface area contributed by atoms with Gasteiger partial charge in [0.05, 0.1) is 16.8 Å². The number of rotatable bonds is 4. The monoisotopic (exact) mass is 442 g/mol. The number of anilines is 2. The standard InChI is InChI=1S/C23H14ClF3N2O2/c24-16-9-5-11-18(13-16)29-21(30)19(14-6-2-1-3-7-14)20(22(29)31)28-17-10-4-8-15(12-17)23(25,26)27/h1-13,28H. The molecule has 0 saturated heterocycles. The summed E-state index contributed by atoms with van der Waals surface area (Å²) in [6, 6.07) is 19.1. The fraction of sp³-hybridized carbons (Fsp3) is 0.0435. The smallest absolute Gasteiger partial charge is 0.350 e. The highest BCUT2D eigenvalue weighted by Crippen LogP contribution is 2.36. The molecule has 1 aliphatic heterocycles. The van der Waals surface area contributed by atoms with E-state index in [-0.39, 0.29) is 22.6 Å². The Labute approximate surface area is 180 Å². The van der Waals surface area contributed by atoms with Gasteiger partial charge in [0.2, 0.25) is 0 Å². The maximum Gasteiger partial charge on any atom is 0.416 e. The van der Waals surface area contributed by atoms with Gasteiger partial charge in [0, 0.05) is 10.7 Å². The summed E-state index contributed by atoms with van der Waals surface area (Å²) < 4.78 is 39.3. The fourth-order valence-electron chi connectivity index (χ4n) is 3.29. The molecule has 0 unspecified atom stereocenters. The van der Waals surface area contributed by atoms with Crippen LogP contribution in [-0.2, 0) is 15.8 Å². The van der Waals surface area contributed by atoms with Crippen LogP contribution in [0.3, 0.4) is 0 Å². The molecule has 1 aliphatic rings. The third-order valence-electron chi connectivity index (χ3n) is 4.67. The predicted octanol–water partition coefficient (Wildman–Crippen LogP) is 5.76. The van der Waals surface area contributed by atoms with Gasteiger partial charge in [-0.3, -0.25) is 9.59 Å². The normalized spacial score (nSPS) is 14.4. The predicted molar refractivity (Wildman–Crippen MR) is 112 cm³/mol. The Balaban J connectivity index is 1.81. The summed E-state index contributed by atoms with van der Waals surface area (Å²) in [5, 5.41) is 3.06. The van der Waals surface area contributed by atoms with Crippen molar-refractivity contribution in [2.75, 3.05) is 10.2 Å². The minimum atomic E-state index is -4.54. The number of nitrogens with one attached hydrogen (secondary N) is 1. The van der Waals surface area contributed by atoms with Gasteiger partial charge < -0.3 is 5.32 Å². The van der Waals surface area contributed by atoms with Crippen molar-refractivity contribution in [3.05, 3.63) is 101 Å². The molecule has 0 atom stereocenters. The Bertz CT molecular complexity index is 1210. The average Bonchev–Trinajstić information content (AvgIpc) is 2.98. The molecule has 0 aliphatic carbocycles. The van der Waals surface area contributed by atoms with Crippen LogP contribution in [-0.4, -0.2) is 11.8 Å². The first-order valence-electron chi connectivity index (χ1n) is 9.14. The summed E-state index contributed by atoms with van der Waals surface area (Å²) in [6.45, 7) is 0. The van der Waals surface area contributed by atoms with Gasteiger partial charge in [-0.25, -0.2) is 4.90 Å². The Kier molecular flexibility index (Phi) is 5.29. The number of amides is 2. The molecule has 8 heteroatoms. The van der Waals surface area contributed by atoms with E-state index in [2.05, 4.69) is 5.32 Å². The van der Waals surface area contributed by atoms with E-state index in [1.807, 2.05) is 0 Å². The SMILES string of the molecule is O=C1C(Nc2cccc(C(F)(F)F)c2)=C(c2ccccc2)C(=O)N1c1cccc(Cl)c1. The van der Waals surface area contributed by atoms with E-state index in [4.69, 9.17) is 11.6 Å². The van der Waals surface area contributed by atoms with Crippen molar-refractivity contribution < 1.29 is 22.8 Å². The Hall–Kier alpha value is -3.58. The molecule has 1 N–H and O–H groups in total. The van der Waals surface area contributed by atoms with E-state index < -0.39 is 23.6 Å².